The molecular weight excluding hydrogens is 262 g/mol. The fourth-order valence-electron chi connectivity index (χ4n) is 1.88. The van der Waals surface area contributed by atoms with Gasteiger partial charge in [0.1, 0.15) is 5.01 Å². The molecule has 3 aromatic rings. The van der Waals surface area contributed by atoms with Gasteiger partial charge in [-0.15, -0.1) is 22.7 Å². The summed E-state index contributed by atoms with van der Waals surface area (Å²) in [5.41, 5.74) is 1.08. The van der Waals surface area contributed by atoms with Crippen molar-refractivity contribution in [2.45, 2.75) is 12.5 Å². The molecule has 92 valence electrons. The van der Waals surface area contributed by atoms with Crippen LogP contribution in [0.25, 0.3) is 10.2 Å². The molecule has 5 heteroatoms. The Balaban J connectivity index is 1.90. The van der Waals surface area contributed by atoms with E-state index in [4.69, 9.17) is 4.98 Å². The Morgan fingerprint density at radius 2 is 2.22 bits per heavy atom. The van der Waals surface area contributed by atoms with Crippen molar-refractivity contribution in [1.29, 1.82) is 0 Å². The highest BCUT2D eigenvalue weighted by Gasteiger charge is 2.16. The SMILES string of the molecule is CNC(Cc1nccs1)c1nc2ccccc2s1. The van der Waals surface area contributed by atoms with Crippen molar-refractivity contribution in [3.63, 3.8) is 0 Å². The molecule has 0 aliphatic heterocycles. The van der Waals surface area contributed by atoms with E-state index >= 15 is 0 Å². The van der Waals surface area contributed by atoms with Crippen molar-refractivity contribution in [2.75, 3.05) is 7.05 Å². The number of hydrogen-bond acceptors (Lipinski definition) is 5. The zero-order valence-electron chi connectivity index (χ0n) is 9.96. The van der Waals surface area contributed by atoms with Gasteiger partial charge in [-0.1, -0.05) is 12.1 Å². The molecule has 0 radical (unpaired) electrons. The van der Waals surface area contributed by atoms with E-state index in [2.05, 4.69) is 28.5 Å². The van der Waals surface area contributed by atoms with Gasteiger partial charge in [0, 0.05) is 18.0 Å². The Morgan fingerprint density at radius 1 is 1.33 bits per heavy atom. The summed E-state index contributed by atoms with van der Waals surface area (Å²) in [6.07, 6.45) is 2.75. The van der Waals surface area contributed by atoms with E-state index in [1.165, 1.54) is 4.70 Å². The second-order valence-corrected chi connectivity index (χ2v) is 6.03. The number of nitrogens with one attached hydrogen (secondary N) is 1. The zero-order valence-corrected chi connectivity index (χ0v) is 11.6. The quantitative estimate of drug-likeness (QED) is 0.794. The minimum atomic E-state index is 0.244. The van der Waals surface area contributed by atoms with Crippen LogP contribution in [-0.2, 0) is 6.42 Å². The molecule has 0 fully saturated rings. The molecule has 1 N–H and O–H groups in total. The fraction of sp³-hybridized carbons (Fsp3) is 0.231. The smallest absolute Gasteiger partial charge is 0.111 e. The highest BCUT2D eigenvalue weighted by molar-refractivity contribution is 7.18. The third kappa shape index (κ3) is 2.29. The summed E-state index contributed by atoms with van der Waals surface area (Å²) in [7, 11) is 1.98. The van der Waals surface area contributed by atoms with Gasteiger partial charge in [0.2, 0.25) is 0 Å². The van der Waals surface area contributed by atoms with E-state index in [-0.39, 0.29) is 6.04 Å². The van der Waals surface area contributed by atoms with E-state index < -0.39 is 0 Å². The second-order valence-electron chi connectivity index (χ2n) is 3.99. The Labute approximate surface area is 114 Å². The zero-order chi connectivity index (χ0) is 12.4. The maximum Gasteiger partial charge on any atom is 0.111 e. The van der Waals surface area contributed by atoms with Gasteiger partial charge in [0.15, 0.2) is 0 Å². The topological polar surface area (TPSA) is 37.8 Å². The molecule has 0 spiro atoms. The summed E-state index contributed by atoms with van der Waals surface area (Å²) in [4.78, 5) is 9.04. The summed E-state index contributed by atoms with van der Waals surface area (Å²) in [5.74, 6) is 0. The predicted molar refractivity (Wildman–Crippen MR) is 77.2 cm³/mol. The van der Waals surface area contributed by atoms with Crippen LogP contribution in [0.2, 0.25) is 0 Å². The van der Waals surface area contributed by atoms with Crippen molar-refractivity contribution in [1.82, 2.24) is 15.3 Å². The van der Waals surface area contributed by atoms with Crippen LogP contribution in [0.4, 0.5) is 0 Å². The molecule has 1 atom stereocenters. The number of hydrogen-bond donors (Lipinski definition) is 1. The molecule has 0 aliphatic carbocycles. The molecule has 2 aromatic heterocycles. The van der Waals surface area contributed by atoms with Crippen LogP contribution in [0.3, 0.4) is 0 Å². The van der Waals surface area contributed by atoms with E-state index in [1.54, 1.807) is 22.7 Å². The number of benzene rings is 1. The minimum Gasteiger partial charge on any atom is -0.311 e. The van der Waals surface area contributed by atoms with Crippen molar-refractivity contribution in [3.8, 4) is 0 Å². The van der Waals surface area contributed by atoms with Gasteiger partial charge in [0.05, 0.1) is 21.3 Å². The molecule has 3 rings (SSSR count). The summed E-state index contributed by atoms with van der Waals surface area (Å²) in [6.45, 7) is 0. The Morgan fingerprint density at radius 3 is 2.94 bits per heavy atom. The molecule has 0 amide bonds. The summed E-state index contributed by atoms with van der Waals surface area (Å²) >= 11 is 3.45. The third-order valence-corrected chi connectivity index (χ3v) is 4.77. The van der Waals surface area contributed by atoms with Crippen LogP contribution < -0.4 is 5.32 Å². The molecule has 0 bridgehead atoms. The Hall–Kier alpha value is -1.30. The number of fused-ring (bicyclic) bond motifs is 1. The first-order valence-corrected chi connectivity index (χ1v) is 7.47. The van der Waals surface area contributed by atoms with Gasteiger partial charge >= 0.3 is 0 Å². The lowest BCUT2D eigenvalue weighted by Crippen LogP contribution is -2.18. The predicted octanol–water partition coefficient (Wildman–Crippen LogP) is 3.26. The van der Waals surface area contributed by atoms with Gasteiger partial charge in [-0.2, -0.15) is 0 Å². The van der Waals surface area contributed by atoms with E-state index in [9.17, 15) is 0 Å². The average Bonchev–Trinajstić information content (AvgIpc) is 3.04. The normalized spacial score (nSPS) is 12.9. The number of likely N-dealkylation sites (N-methyl/N-ethyl adjacent to an activating group) is 1. The number of nitrogens with zero attached hydrogens (tertiary/aromatic N) is 2. The van der Waals surface area contributed by atoms with Crippen molar-refractivity contribution in [3.05, 3.63) is 45.9 Å². The molecular formula is C13H13N3S2. The lowest BCUT2D eigenvalue weighted by atomic mass is 10.2. The van der Waals surface area contributed by atoms with Gasteiger partial charge in [0.25, 0.3) is 0 Å². The molecule has 3 nitrogen and oxygen atoms in total. The van der Waals surface area contributed by atoms with Crippen molar-refractivity contribution in [2.24, 2.45) is 0 Å². The van der Waals surface area contributed by atoms with E-state index in [1.807, 2.05) is 24.7 Å². The molecule has 0 saturated heterocycles. The van der Waals surface area contributed by atoms with Crippen LogP contribution >= 0.6 is 22.7 Å². The molecule has 18 heavy (non-hydrogen) atoms. The first-order chi connectivity index (χ1) is 8.86. The van der Waals surface area contributed by atoms with Crippen LogP contribution in [0.15, 0.2) is 35.8 Å². The largest absolute Gasteiger partial charge is 0.311 e. The van der Waals surface area contributed by atoms with Gasteiger partial charge < -0.3 is 5.32 Å². The molecule has 1 aromatic carbocycles. The van der Waals surface area contributed by atoms with Crippen LogP contribution in [0.5, 0.6) is 0 Å². The highest BCUT2D eigenvalue weighted by atomic mass is 32.1. The van der Waals surface area contributed by atoms with E-state index in [0.717, 1.165) is 22.0 Å². The minimum absolute atomic E-state index is 0.244. The number of para-hydroxylation sites is 1. The standard InChI is InChI=1S/C13H13N3S2/c1-14-10(8-12-15-6-7-17-12)13-16-9-4-2-3-5-11(9)18-13/h2-7,10,14H,8H2,1H3. The second kappa shape index (κ2) is 5.14. The highest BCUT2D eigenvalue weighted by Crippen LogP contribution is 2.28. The number of rotatable bonds is 4. The number of thiazole rings is 2. The van der Waals surface area contributed by atoms with Crippen LogP contribution in [0.1, 0.15) is 16.1 Å². The molecule has 0 saturated carbocycles. The lowest BCUT2D eigenvalue weighted by molar-refractivity contribution is 0.588. The fourth-order valence-corrected chi connectivity index (χ4v) is 3.62. The molecule has 0 aliphatic rings. The third-order valence-electron chi connectivity index (χ3n) is 2.82. The molecule has 1 unspecified atom stereocenters. The van der Waals surface area contributed by atoms with Crippen molar-refractivity contribution < 1.29 is 0 Å². The first kappa shape index (κ1) is 11.8. The first-order valence-electron chi connectivity index (χ1n) is 5.78. The Bertz CT molecular complexity index is 598. The monoisotopic (exact) mass is 275 g/mol. The van der Waals surface area contributed by atoms with Gasteiger partial charge in [-0.05, 0) is 19.2 Å². The average molecular weight is 275 g/mol. The summed E-state index contributed by atoms with van der Waals surface area (Å²) < 4.78 is 1.24. The number of aromatic nitrogens is 2. The van der Waals surface area contributed by atoms with Crippen LogP contribution in [0, 0.1) is 0 Å². The van der Waals surface area contributed by atoms with Gasteiger partial charge in [-0.3, -0.25) is 0 Å². The lowest BCUT2D eigenvalue weighted by Gasteiger charge is -2.10. The summed E-state index contributed by atoms with van der Waals surface area (Å²) in [6, 6.07) is 8.51. The van der Waals surface area contributed by atoms with E-state index in [0.29, 0.717) is 0 Å². The summed E-state index contributed by atoms with van der Waals surface area (Å²) in [5, 5.41) is 7.63. The molecule has 2 heterocycles. The Kier molecular flexibility index (Phi) is 3.36. The maximum atomic E-state index is 4.70. The van der Waals surface area contributed by atoms with Gasteiger partial charge in [-0.25, -0.2) is 9.97 Å². The van der Waals surface area contributed by atoms with Crippen molar-refractivity contribution >= 4 is 32.9 Å². The van der Waals surface area contributed by atoms with Crippen LogP contribution in [-0.4, -0.2) is 17.0 Å². The maximum absolute atomic E-state index is 4.70.